The van der Waals surface area contributed by atoms with Gasteiger partial charge in [-0.3, -0.25) is 4.79 Å². The molecule has 0 aromatic heterocycles. The minimum absolute atomic E-state index is 0.489. The molecule has 1 amide bonds. The zero-order valence-electron chi connectivity index (χ0n) is 12.4. The van der Waals surface area contributed by atoms with Gasteiger partial charge in [-0.15, -0.1) is 0 Å². The fourth-order valence-electron chi connectivity index (χ4n) is 2.53. The lowest BCUT2D eigenvalue weighted by Gasteiger charge is -2.30. The van der Waals surface area contributed by atoms with Crippen LogP contribution in [-0.4, -0.2) is 23.7 Å². The van der Waals surface area contributed by atoms with Crippen molar-refractivity contribution in [3.8, 4) is 0 Å². The van der Waals surface area contributed by atoms with Gasteiger partial charge in [0.05, 0.1) is 0 Å². The number of nitrogens with zero attached hydrogens (tertiary/aromatic N) is 1. The first kappa shape index (κ1) is 14.9. The molecule has 0 N–H and O–H groups in total. The van der Waals surface area contributed by atoms with Crippen LogP contribution >= 0.6 is 0 Å². The molecule has 0 aromatic carbocycles. The Bertz CT molecular complexity index is 772. The van der Waals surface area contributed by atoms with Gasteiger partial charge < -0.3 is 4.74 Å². The smallest absolute Gasteiger partial charge is 0.332 e. The fourth-order valence-corrected chi connectivity index (χ4v) is 2.53. The Labute approximate surface area is 134 Å². The van der Waals surface area contributed by atoms with Gasteiger partial charge in [-0.1, -0.05) is 66.8 Å². The summed E-state index contributed by atoms with van der Waals surface area (Å²) in [6.45, 7) is 0. The van der Waals surface area contributed by atoms with E-state index in [1.807, 2.05) is 36.5 Å². The zero-order chi connectivity index (χ0) is 16.1. The number of carbonyl (C=O) groups excluding carboxylic acids is 2. The van der Waals surface area contributed by atoms with E-state index in [1.54, 1.807) is 30.4 Å². The summed E-state index contributed by atoms with van der Waals surface area (Å²) in [5.74, 6) is -1.06. The molecule has 1 unspecified atom stereocenters. The van der Waals surface area contributed by atoms with Crippen molar-refractivity contribution in [3.05, 3.63) is 84.1 Å². The highest BCUT2D eigenvalue weighted by atomic mass is 16.6. The van der Waals surface area contributed by atoms with Gasteiger partial charge in [0.15, 0.2) is 0 Å². The summed E-state index contributed by atoms with van der Waals surface area (Å²) in [7, 11) is 0. The summed E-state index contributed by atoms with van der Waals surface area (Å²) >= 11 is 0. The number of hydrogen-bond donors (Lipinski definition) is 0. The van der Waals surface area contributed by atoms with Crippen LogP contribution in [0.25, 0.3) is 0 Å². The molecule has 0 radical (unpaired) electrons. The van der Waals surface area contributed by atoms with Gasteiger partial charge in [-0.05, 0) is 6.42 Å². The summed E-state index contributed by atoms with van der Waals surface area (Å²) in [6, 6.07) is 0. The molecule has 0 saturated heterocycles. The van der Waals surface area contributed by atoms with Gasteiger partial charge in [0.1, 0.15) is 0 Å². The number of carbonyl (C=O) groups is 2. The van der Waals surface area contributed by atoms with Crippen LogP contribution < -0.4 is 0 Å². The van der Waals surface area contributed by atoms with E-state index in [1.165, 1.54) is 12.3 Å². The molecule has 4 heteroatoms. The highest BCUT2D eigenvalue weighted by Crippen LogP contribution is 2.38. The van der Waals surface area contributed by atoms with Crippen LogP contribution in [0.3, 0.4) is 0 Å². The van der Waals surface area contributed by atoms with Crippen LogP contribution in [0, 0.1) is 0 Å². The topological polar surface area (TPSA) is 55.7 Å². The SMILES string of the molecule is O=C1/C=C\C\C=C/C=C\C=C/C=C2/C=CC=C3C=NC(=O)C32O1. The molecule has 0 fully saturated rings. The Kier molecular flexibility index (Phi) is 4.15. The second kappa shape index (κ2) is 6.40. The molecule has 0 bridgehead atoms. The van der Waals surface area contributed by atoms with Crippen molar-refractivity contribution in [2.24, 2.45) is 4.99 Å². The summed E-state index contributed by atoms with van der Waals surface area (Å²) in [6.07, 6.45) is 23.4. The first-order valence-electron chi connectivity index (χ1n) is 7.31. The number of hydrogen-bond acceptors (Lipinski definition) is 3. The number of allylic oxidation sites excluding steroid dienone is 10. The van der Waals surface area contributed by atoms with E-state index in [9.17, 15) is 9.59 Å². The van der Waals surface area contributed by atoms with E-state index >= 15 is 0 Å². The first-order valence-corrected chi connectivity index (χ1v) is 7.31. The lowest BCUT2D eigenvalue weighted by atomic mass is 9.83. The Morgan fingerprint density at radius 1 is 0.870 bits per heavy atom. The van der Waals surface area contributed by atoms with Crippen molar-refractivity contribution in [1.29, 1.82) is 0 Å². The molecule has 1 atom stereocenters. The molecule has 2 aliphatic heterocycles. The second-order valence-corrected chi connectivity index (χ2v) is 5.10. The van der Waals surface area contributed by atoms with Crippen molar-refractivity contribution in [2.45, 2.75) is 12.0 Å². The van der Waals surface area contributed by atoms with Crippen LogP contribution in [0.4, 0.5) is 0 Å². The average Bonchev–Trinajstić information content (AvgIpc) is 2.86. The van der Waals surface area contributed by atoms with Crippen molar-refractivity contribution in [2.75, 3.05) is 0 Å². The molecule has 4 nitrogen and oxygen atoms in total. The third kappa shape index (κ3) is 2.83. The van der Waals surface area contributed by atoms with E-state index in [-0.39, 0.29) is 0 Å². The van der Waals surface area contributed by atoms with E-state index in [0.29, 0.717) is 17.6 Å². The standard InChI is InChI=1S/C19H15NO3/c21-17-13-8-6-4-2-1-3-5-7-10-15-11-9-12-16-14-20-18(22)19(15,16)23-17/h1-5,7-14H,6H2/b3-1-,4-2-,7-5-,13-8-,15-10-. The van der Waals surface area contributed by atoms with Gasteiger partial charge in [-0.2, -0.15) is 0 Å². The number of ether oxygens (including phenoxy) is 1. The summed E-state index contributed by atoms with van der Waals surface area (Å²) < 4.78 is 5.56. The molecule has 2 heterocycles. The molecule has 114 valence electrons. The van der Waals surface area contributed by atoms with Gasteiger partial charge in [0, 0.05) is 23.4 Å². The molecule has 1 spiro atoms. The number of amides is 1. The molecule has 3 rings (SSSR count). The highest BCUT2D eigenvalue weighted by Gasteiger charge is 2.51. The molecular formula is C19H15NO3. The van der Waals surface area contributed by atoms with Crippen LogP contribution in [0.1, 0.15) is 6.42 Å². The molecular weight excluding hydrogens is 290 g/mol. The fraction of sp³-hybridized carbons (Fsp3) is 0.105. The number of rotatable bonds is 0. The van der Waals surface area contributed by atoms with E-state index in [4.69, 9.17) is 4.74 Å². The van der Waals surface area contributed by atoms with Crippen molar-refractivity contribution in [1.82, 2.24) is 0 Å². The maximum atomic E-state index is 12.4. The lowest BCUT2D eigenvalue weighted by molar-refractivity contribution is -0.153. The van der Waals surface area contributed by atoms with Crippen molar-refractivity contribution < 1.29 is 14.3 Å². The quantitative estimate of drug-likeness (QED) is 0.647. The Morgan fingerprint density at radius 2 is 1.65 bits per heavy atom. The maximum Gasteiger partial charge on any atom is 0.332 e. The molecule has 1 aliphatic carbocycles. The molecule has 0 saturated carbocycles. The third-order valence-corrected chi connectivity index (χ3v) is 3.62. The summed E-state index contributed by atoms with van der Waals surface area (Å²) in [5.41, 5.74) is -0.324. The minimum Gasteiger partial charge on any atom is -0.436 e. The van der Waals surface area contributed by atoms with Crippen LogP contribution in [0.5, 0.6) is 0 Å². The third-order valence-electron chi connectivity index (χ3n) is 3.62. The summed E-state index contributed by atoms with van der Waals surface area (Å²) in [5, 5.41) is 0. The Morgan fingerprint density at radius 3 is 2.57 bits per heavy atom. The number of esters is 1. The second-order valence-electron chi connectivity index (χ2n) is 5.10. The van der Waals surface area contributed by atoms with Crippen LogP contribution in [0.2, 0.25) is 0 Å². The van der Waals surface area contributed by atoms with E-state index in [0.717, 1.165) is 0 Å². The van der Waals surface area contributed by atoms with Gasteiger partial charge in [0.2, 0.25) is 5.60 Å². The van der Waals surface area contributed by atoms with Crippen molar-refractivity contribution >= 4 is 18.1 Å². The largest absolute Gasteiger partial charge is 0.436 e. The predicted molar refractivity (Wildman–Crippen MR) is 88.8 cm³/mol. The summed E-state index contributed by atoms with van der Waals surface area (Å²) in [4.78, 5) is 28.4. The molecule has 3 aliphatic rings. The van der Waals surface area contributed by atoms with Crippen LogP contribution in [0.15, 0.2) is 89.1 Å². The normalized spacial score (nSPS) is 34.1. The minimum atomic E-state index is -1.47. The average molecular weight is 305 g/mol. The Hall–Kier alpha value is -3.01. The monoisotopic (exact) mass is 305 g/mol. The predicted octanol–water partition coefficient (Wildman–Crippen LogP) is 2.93. The lowest BCUT2D eigenvalue weighted by Crippen LogP contribution is -2.43. The molecule has 0 aromatic rings. The Balaban J connectivity index is 2.07. The van der Waals surface area contributed by atoms with Crippen molar-refractivity contribution in [3.63, 3.8) is 0 Å². The molecule has 23 heavy (non-hydrogen) atoms. The van der Waals surface area contributed by atoms with Gasteiger partial charge in [-0.25, -0.2) is 9.79 Å². The van der Waals surface area contributed by atoms with E-state index < -0.39 is 17.5 Å². The maximum absolute atomic E-state index is 12.4. The highest BCUT2D eigenvalue weighted by molar-refractivity contribution is 6.14. The number of aliphatic imine (C=N–C) groups is 1. The van der Waals surface area contributed by atoms with E-state index in [2.05, 4.69) is 4.99 Å². The first-order chi connectivity index (χ1) is 11.2. The van der Waals surface area contributed by atoms with Gasteiger partial charge in [0.25, 0.3) is 5.91 Å². The zero-order valence-corrected chi connectivity index (χ0v) is 12.4. The van der Waals surface area contributed by atoms with Crippen LogP contribution in [-0.2, 0) is 14.3 Å². The van der Waals surface area contributed by atoms with Gasteiger partial charge >= 0.3 is 5.97 Å².